The van der Waals surface area contributed by atoms with Gasteiger partial charge < -0.3 is 15.2 Å². The molecule has 1 rings (SSSR count). The zero-order valence-electron chi connectivity index (χ0n) is 12.9. The van der Waals surface area contributed by atoms with E-state index in [1.54, 1.807) is 0 Å². The van der Waals surface area contributed by atoms with Crippen LogP contribution in [0.1, 0.15) is 30.8 Å². The Kier molecular flexibility index (Phi) is 6.71. The number of methoxy groups -OCH3 is 1. The van der Waals surface area contributed by atoms with Crippen LogP contribution in [0.2, 0.25) is 0 Å². The Morgan fingerprint density at radius 3 is 2.64 bits per heavy atom. The Bertz CT molecular complexity index is 582. The van der Waals surface area contributed by atoms with Crippen LogP contribution < -0.4 is 10.9 Å². The van der Waals surface area contributed by atoms with Gasteiger partial charge in [0.2, 0.25) is 0 Å². The van der Waals surface area contributed by atoms with Crippen LogP contribution in [0.3, 0.4) is 0 Å². The molecule has 0 aliphatic heterocycles. The van der Waals surface area contributed by atoms with E-state index in [4.69, 9.17) is 9.84 Å². The summed E-state index contributed by atoms with van der Waals surface area (Å²) in [5.74, 6) is -1.61. The van der Waals surface area contributed by atoms with Gasteiger partial charge in [0.05, 0.1) is 13.2 Å². The fraction of sp³-hybridized carbons (Fsp3) is 0.571. The number of aromatic nitrogens is 2. The second kappa shape index (κ2) is 8.28. The number of ether oxygens (including phenoxy) is 1. The third-order valence-electron chi connectivity index (χ3n) is 2.92. The molecular formula is C14H21N3O5. The van der Waals surface area contributed by atoms with Crippen LogP contribution in [-0.2, 0) is 16.1 Å². The molecule has 0 radical (unpaired) electrons. The summed E-state index contributed by atoms with van der Waals surface area (Å²) in [7, 11) is 1.49. The number of carboxylic acids is 1. The predicted octanol–water partition coefficient (Wildman–Crippen LogP) is 0.119. The molecule has 1 amide bonds. The fourth-order valence-electron chi connectivity index (χ4n) is 1.83. The van der Waals surface area contributed by atoms with Gasteiger partial charge >= 0.3 is 5.97 Å². The van der Waals surface area contributed by atoms with Crippen molar-refractivity contribution in [3.8, 4) is 0 Å². The third-order valence-corrected chi connectivity index (χ3v) is 2.92. The van der Waals surface area contributed by atoms with Crippen LogP contribution >= 0.6 is 0 Å². The topological polar surface area (TPSA) is 111 Å². The normalized spacial score (nSPS) is 12.2. The van der Waals surface area contributed by atoms with E-state index < -0.39 is 17.9 Å². The smallest absolute Gasteiger partial charge is 0.326 e. The Balaban J connectivity index is 2.88. The molecule has 2 N–H and O–H groups in total. The molecule has 22 heavy (non-hydrogen) atoms. The highest BCUT2D eigenvalue weighted by Crippen LogP contribution is 2.06. The van der Waals surface area contributed by atoms with Crippen LogP contribution in [0.15, 0.2) is 16.9 Å². The number of rotatable bonds is 8. The van der Waals surface area contributed by atoms with Crippen LogP contribution in [0.25, 0.3) is 0 Å². The average Bonchev–Trinajstić information content (AvgIpc) is 2.45. The first-order chi connectivity index (χ1) is 10.3. The van der Waals surface area contributed by atoms with Crippen molar-refractivity contribution in [3.63, 3.8) is 0 Å². The zero-order valence-corrected chi connectivity index (χ0v) is 12.9. The molecule has 8 nitrogen and oxygen atoms in total. The highest BCUT2D eigenvalue weighted by molar-refractivity contribution is 5.94. The Morgan fingerprint density at radius 2 is 2.09 bits per heavy atom. The first kappa shape index (κ1) is 17.8. The maximum absolute atomic E-state index is 12.1. The largest absolute Gasteiger partial charge is 0.480 e. The lowest BCUT2D eigenvalue weighted by Crippen LogP contribution is -2.42. The Labute approximate surface area is 128 Å². The fourth-order valence-corrected chi connectivity index (χ4v) is 1.83. The molecule has 122 valence electrons. The first-order valence-electron chi connectivity index (χ1n) is 6.96. The van der Waals surface area contributed by atoms with Crippen molar-refractivity contribution < 1.29 is 19.4 Å². The van der Waals surface area contributed by atoms with Crippen molar-refractivity contribution in [2.75, 3.05) is 13.7 Å². The number of nitrogens with zero attached hydrogens (tertiary/aromatic N) is 2. The SMILES string of the molecule is COCCn1nc(C(=O)N[C@@H](CC(C)C)C(=O)O)ccc1=O. The number of aliphatic carboxylic acids is 1. The lowest BCUT2D eigenvalue weighted by Gasteiger charge is -2.16. The van der Waals surface area contributed by atoms with Gasteiger partial charge in [-0.05, 0) is 18.4 Å². The van der Waals surface area contributed by atoms with Crippen LogP contribution in [0, 0.1) is 5.92 Å². The molecule has 1 aromatic rings. The standard InChI is InChI=1S/C14H21N3O5/c1-9(2)8-11(14(20)21)15-13(19)10-4-5-12(18)17(16-10)6-7-22-3/h4-5,9,11H,6-8H2,1-3H3,(H,15,19)(H,20,21)/t11-/m0/s1. The van der Waals surface area contributed by atoms with Gasteiger partial charge in [-0.15, -0.1) is 0 Å². The number of nitrogens with one attached hydrogen (secondary N) is 1. The monoisotopic (exact) mass is 311 g/mol. The first-order valence-corrected chi connectivity index (χ1v) is 6.96. The van der Waals surface area contributed by atoms with Gasteiger partial charge in [0.25, 0.3) is 11.5 Å². The molecule has 1 atom stereocenters. The summed E-state index contributed by atoms with van der Waals surface area (Å²) < 4.78 is 5.97. The number of hydrogen-bond donors (Lipinski definition) is 2. The van der Waals surface area contributed by atoms with Crippen molar-refractivity contribution >= 4 is 11.9 Å². The van der Waals surface area contributed by atoms with Gasteiger partial charge in [-0.1, -0.05) is 13.8 Å². The number of carbonyl (C=O) groups excluding carboxylic acids is 1. The minimum atomic E-state index is -1.10. The summed E-state index contributed by atoms with van der Waals surface area (Å²) in [6, 6.07) is 1.50. The molecule has 0 spiro atoms. The molecular weight excluding hydrogens is 290 g/mol. The van der Waals surface area contributed by atoms with Crippen molar-refractivity contribution in [2.24, 2.45) is 5.92 Å². The van der Waals surface area contributed by atoms with E-state index >= 15 is 0 Å². The van der Waals surface area contributed by atoms with Crippen LogP contribution in [0.4, 0.5) is 0 Å². The second-order valence-electron chi connectivity index (χ2n) is 5.27. The third kappa shape index (κ3) is 5.28. The van der Waals surface area contributed by atoms with E-state index in [1.807, 2.05) is 13.8 Å². The summed E-state index contributed by atoms with van der Waals surface area (Å²) in [5, 5.41) is 15.5. The zero-order chi connectivity index (χ0) is 16.7. The summed E-state index contributed by atoms with van der Waals surface area (Å²) in [6.07, 6.45) is 0.310. The Hall–Kier alpha value is -2.22. The molecule has 1 aromatic heterocycles. The van der Waals surface area contributed by atoms with E-state index in [9.17, 15) is 14.4 Å². The van der Waals surface area contributed by atoms with Crippen molar-refractivity contribution in [2.45, 2.75) is 32.9 Å². The summed E-state index contributed by atoms with van der Waals surface area (Å²) in [6.45, 7) is 4.23. The minimum absolute atomic E-state index is 0.00860. The predicted molar refractivity (Wildman–Crippen MR) is 78.7 cm³/mol. The maximum atomic E-state index is 12.1. The van der Waals surface area contributed by atoms with Crippen LogP contribution in [0.5, 0.6) is 0 Å². The molecule has 0 unspecified atom stereocenters. The molecule has 1 heterocycles. The van der Waals surface area contributed by atoms with Gasteiger partial charge in [-0.2, -0.15) is 5.10 Å². The summed E-state index contributed by atoms with van der Waals surface area (Å²) in [4.78, 5) is 34.8. The molecule has 0 aliphatic carbocycles. The molecule has 0 fully saturated rings. The van der Waals surface area contributed by atoms with E-state index in [1.165, 1.54) is 19.2 Å². The van der Waals surface area contributed by atoms with E-state index in [2.05, 4.69) is 10.4 Å². The van der Waals surface area contributed by atoms with Gasteiger partial charge in [0, 0.05) is 13.2 Å². The minimum Gasteiger partial charge on any atom is -0.480 e. The lowest BCUT2D eigenvalue weighted by atomic mass is 10.0. The van der Waals surface area contributed by atoms with Crippen molar-refractivity contribution in [1.29, 1.82) is 0 Å². The molecule has 0 bridgehead atoms. The van der Waals surface area contributed by atoms with Gasteiger partial charge in [-0.3, -0.25) is 9.59 Å². The van der Waals surface area contributed by atoms with Crippen molar-refractivity contribution in [1.82, 2.24) is 15.1 Å². The van der Waals surface area contributed by atoms with E-state index in [0.29, 0.717) is 6.42 Å². The molecule has 0 aliphatic rings. The van der Waals surface area contributed by atoms with E-state index in [-0.39, 0.29) is 30.3 Å². The van der Waals surface area contributed by atoms with E-state index in [0.717, 1.165) is 4.68 Å². The summed E-state index contributed by atoms with van der Waals surface area (Å²) in [5.41, 5.74) is -0.365. The molecule has 0 aromatic carbocycles. The Morgan fingerprint density at radius 1 is 1.41 bits per heavy atom. The number of amides is 1. The number of carbonyl (C=O) groups is 2. The summed E-state index contributed by atoms with van der Waals surface area (Å²) >= 11 is 0. The van der Waals surface area contributed by atoms with Gasteiger partial charge in [-0.25, -0.2) is 9.48 Å². The molecule has 0 saturated heterocycles. The average molecular weight is 311 g/mol. The second-order valence-corrected chi connectivity index (χ2v) is 5.27. The van der Waals surface area contributed by atoms with Crippen molar-refractivity contribution in [3.05, 3.63) is 28.2 Å². The number of hydrogen-bond acceptors (Lipinski definition) is 5. The quantitative estimate of drug-likeness (QED) is 0.705. The van der Waals surface area contributed by atoms with Gasteiger partial charge in [0.1, 0.15) is 11.7 Å². The van der Waals surface area contributed by atoms with Crippen LogP contribution in [-0.4, -0.2) is 46.5 Å². The highest BCUT2D eigenvalue weighted by Gasteiger charge is 2.22. The highest BCUT2D eigenvalue weighted by atomic mass is 16.5. The molecule has 0 saturated carbocycles. The van der Waals surface area contributed by atoms with Gasteiger partial charge in [0.15, 0.2) is 0 Å². The maximum Gasteiger partial charge on any atom is 0.326 e. The lowest BCUT2D eigenvalue weighted by molar-refractivity contribution is -0.139. The molecule has 8 heteroatoms. The number of carboxylic acid groups (broad SMARTS) is 1.